The van der Waals surface area contributed by atoms with E-state index in [1.165, 1.54) is 0 Å². The van der Waals surface area contributed by atoms with E-state index in [-0.39, 0.29) is 13.2 Å². The number of amidine groups is 1. The van der Waals surface area contributed by atoms with Crippen molar-refractivity contribution in [3.05, 3.63) is 0 Å². The van der Waals surface area contributed by atoms with E-state index in [4.69, 9.17) is 10.2 Å². The first kappa shape index (κ1) is 10.4. The van der Waals surface area contributed by atoms with Crippen LogP contribution in [0, 0.1) is 0 Å². The Hall–Kier alpha value is -0.610. The molecule has 0 aromatic carbocycles. The molecule has 0 unspecified atom stereocenters. The molecule has 2 N–H and O–H groups in total. The van der Waals surface area contributed by atoms with Crippen LogP contribution in [0.4, 0.5) is 0 Å². The summed E-state index contributed by atoms with van der Waals surface area (Å²) >= 11 is 0. The van der Waals surface area contributed by atoms with E-state index in [0.29, 0.717) is 13.1 Å². The van der Waals surface area contributed by atoms with Gasteiger partial charge in [-0.15, -0.1) is 0 Å². The van der Waals surface area contributed by atoms with Crippen molar-refractivity contribution in [2.45, 2.75) is 6.92 Å². The Balaban J connectivity index is 3.87. The molecular weight excluding hydrogens is 144 g/mol. The molecule has 0 aliphatic heterocycles. The van der Waals surface area contributed by atoms with E-state index in [0.717, 1.165) is 5.84 Å². The van der Waals surface area contributed by atoms with Gasteiger partial charge in [-0.25, -0.2) is 0 Å². The first-order valence-electron chi connectivity index (χ1n) is 3.66. The second-order valence-corrected chi connectivity index (χ2v) is 2.21. The van der Waals surface area contributed by atoms with Crippen LogP contribution >= 0.6 is 0 Å². The fourth-order valence-corrected chi connectivity index (χ4v) is 0.818. The van der Waals surface area contributed by atoms with Gasteiger partial charge in [0, 0.05) is 20.1 Å². The van der Waals surface area contributed by atoms with Crippen LogP contribution in [0.5, 0.6) is 0 Å². The van der Waals surface area contributed by atoms with Crippen molar-refractivity contribution in [3.63, 3.8) is 0 Å². The second-order valence-electron chi connectivity index (χ2n) is 2.21. The lowest BCUT2D eigenvalue weighted by Crippen LogP contribution is -2.34. The third kappa shape index (κ3) is 3.95. The fourth-order valence-electron chi connectivity index (χ4n) is 0.818. The molecule has 0 radical (unpaired) electrons. The van der Waals surface area contributed by atoms with Crippen LogP contribution in [-0.2, 0) is 0 Å². The minimum absolute atomic E-state index is 0.0901. The highest BCUT2D eigenvalue weighted by molar-refractivity contribution is 5.79. The number of hydrogen-bond donors (Lipinski definition) is 2. The van der Waals surface area contributed by atoms with E-state index < -0.39 is 0 Å². The van der Waals surface area contributed by atoms with Crippen molar-refractivity contribution in [1.29, 1.82) is 0 Å². The molecule has 0 saturated carbocycles. The first-order chi connectivity index (χ1) is 5.26. The number of rotatable bonds is 4. The largest absolute Gasteiger partial charge is 0.395 e. The predicted molar refractivity (Wildman–Crippen MR) is 44.8 cm³/mol. The Bertz CT molecular complexity index is 120. The molecule has 0 spiro atoms. The Morgan fingerprint density at radius 1 is 1.27 bits per heavy atom. The van der Waals surface area contributed by atoms with Gasteiger partial charge in [0.15, 0.2) is 0 Å². The van der Waals surface area contributed by atoms with Gasteiger partial charge in [0.2, 0.25) is 0 Å². The number of nitrogens with zero attached hydrogens (tertiary/aromatic N) is 2. The van der Waals surface area contributed by atoms with Gasteiger partial charge in [-0.2, -0.15) is 0 Å². The van der Waals surface area contributed by atoms with Gasteiger partial charge in [0.25, 0.3) is 0 Å². The summed E-state index contributed by atoms with van der Waals surface area (Å²) < 4.78 is 0. The van der Waals surface area contributed by atoms with Crippen molar-refractivity contribution < 1.29 is 10.2 Å². The number of hydrogen-bond acceptors (Lipinski definition) is 3. The smallest absolute Gasteiger partial charge is 0.0955 e. The summed E-state index contributed by atoms with van der Waals surface area (Å²) in [6.45, 7) is 3.10. The number of aliphatic imine (C=N–C) groups is 1. The Morgan fingerprint density at radius 3 is 2.00 bits per heavy atom. The molecule has 0 aliphatic rings. The maximum absolute atomic E-state index is 8.63. The van der Waals surface area contributed by atoms with Crippen molar-refractivity contribution >= 4 is 5.84 Å². The van der Waals surface area contributed by atoms with Gasteiger partial charge in [-0.3, -0.25) is 4.99 Å². The number of aliphatic hydroxyl groups is 2. The summed E-state index contributed by atoms with van der Waals surface area (Å²) in [5, 5.41) is 17.3. The predicted octanol–water partition coefficient (Wildman–Crippen LogP) is -0.679. The molecule has 66 valence electrons. The summed E-state index contributed by atoms with van der Waals surface area (Å²) in [6.07, 6.45) is 0. The van der Waals surface area contributed by atoms with Crippen LogP contribution in [0.3, 0.4) is 0 Å². The van der Waals surface area contributed by atoms with Gasteiger partial charge in [0.1, 0.15) is 0 Å². The maximum Gasteiger partial charge on any atom is 0.0955 e. The molecule has 0 fully saturated rings. The lowest BCUT2D eigenvalue weighted by Gasteiger charge is -2.21. The van der Waals surface area contributed by atoms with Crippen LogP contribution < -0.4 is 0 Å². The van der Waals surface area contributed by atoms with Crippen LogP contribution in [0.1, 0.15) is 6.92 Å². The molecule has 0 bridgehead atoms. The summed E-state index contributed by atoms with van der Waals surface area (Å²) in [4.78, 5) is 5.78. The van der Waals surface area contributed by atoms with E-state index in [9.17, 15) is 0 Å². The van der Waals surface area contributed by atoms with E-state index in [2.05, 4.69) is 4.99 Å². The summed E-state index contributed by atoms with van der Waals surface area (Å²) in [6, 6.07) is 0. The molecule has 0 aromatic heterocycles. The molecule has 0 saturated heterocycles. The molecule has 0 rings (SSSR count). The summed E-state index contributed by atoms with van der Waals surface area (Å²) in [7, 11) is 1.69. The molecule has 0 aliphatic carbocycles. The van der Waals surface area contributed by atoms with E-state index in [1.54, 1.807) is 7.05 Å². The zero-order valence-electron chi connectivity index (χ0n) is 7.12. The van der Waals surface area contributed by atoms with Crippen molar-refractivity contribution in [2.24, 2.45) is 4.99 Å². The fraction of sp³-hybridized carbons (Fsp3) is 0.857. The third-order valence-corrected chi connectivity index (χ3v) is 1.52. The lowest BCUT2D eigenvalue weighted by molar-refractivity contribution is 0.211. The third-order valence-electron chi connectivity index (χ3n) is 1.52. The zero-order valence-corrected chi connectivity index (χ0v) is 7.12. The molecule has 4 nitrogen and oxygen atoms in total. The Labute approximate surface area is 67.2 Å². The van der Waals surface area contributed by atoms with Crippen LogP contribution in [-0.4, -0.2) is 54.3 Å². The standard InChI is InChI=1S/C7H16N2O2/c1-7(8-2)9(3-5-10)4-6-11/h10-11H,3-6H2,1-2H3. The minimum atomic E-state index is 0.0901. The Morgan fingerprint density at radius 2 is 1.73 bits per heavy atom. The van der Waals surface area contributed by atoms with Gasteiger partial charge in [-0.1, -0.05) is 0 Å². The molecular formula is C7H16N2O2. The average Bonchev–Trinajstić information content (AvgIpc) is 2.03. The minimum Gasteiger partial charge on any atom is -0.395 e. The van der Waals surface area contributed by atoms with Gasteiger partial charge < -0.3 is 15.1 Å². The summed E-state index contributed by atoms with van der Waals surface area (Å²) in [5.41, 5.74) is 0. The van der Waals surface area contributed by atoms with Crippen molar-refractivity contribution in [1.82, 2.24) is 4.90 Å². The molecule has 0 aromatic rings. The highest BCUT2D eigenvalue weighted by atomic mass is 16.3. The molecule has 0 heterocycles. The van der Waals surface area contributed by atoms with Crippen molar-refractivity contribution in [3.8, 4) is 0 Å². The molecule has 0 atom stereocenters. The summed E-state index contributed by atoms with van der Waals surface area (Å²) in [5.74, 6) is 0.841. The molecule has 11 heavy (non-hydrogen) atoms. The van der Waals surface area contributed by atoms with Gasteiger partial charge in [0.05, 0.1) is 19.0 Å². The highest BCUT2D eigenvalue weighted by Gasteiger charge is 2.02. The van der Waals surface area contributed by atoms with Crippen LogP contribution in [0.25, 0.3) is 0 Å². The normalized spacial score (nSPS) is 11.8. The monoisotopic (exact) mass is 160 g/mol. The SMILES string of the molecule is CN=C(C)N(CCO)CCO. The van der Waals surface area contributed by atoms with Crippen LogP contribution in [0.2, 0.25) is 0 Å². The maximum atomic E-state index is 8.63. The average molecular weight is 160 g/mol. The Kier molecular flexibility index (Phi) is 5.78. The van der Waals surface area contributed by atoms with Crippen molar-refractivity contribution in [2.75, 3.05) is 33.4 Å². The topological polar surface area (TPSA) is 56.1 Å². The van der Waals surface area contributed by atoms with Crippen LogP contribution in [0.15, 0.2) is 4.99 Å². The van der Waals surface area contributed by atoms with Gasteiger partial charge in [-0.05, 0) is 6.92 Å². The van der Waals surface area contributed by atoms with Gasteiger partial charge >= 0.3 is 0 Å². The lowest BCUT2D eigenvalue weighted by atomic mass is 10.4. The molecule has 0 amide bonds. The highest BCUT2D eigenvalue weighted by Crippen LogP contribution is 1.89. The number of aliphatic hydroxyl groups excluding tert-OH is 2. The first-order valence-corrected chi connectivity index (χ1v) is 3.66. The zero-order chi connectivity index (χ0) is 8.69. The van der Waals surface area contributed by atoms with E-state index in [1.807, 2.05) is 11.8 Å². The second kappa shape index (κ2) is 6.12. The quantitative estimate of drug-likeness (QED) is 0.423. The molecule has 4 heteroatoms. The van der Waals surface area contributed by atoms with E-state index >= 15 is 0 Å².